The first kappa shape index (κ1) is 23.1. The second-order valence-corrected chi connectivity index (χ2v) is 7.21. The molecule has 0 aliphatic rings. The molecule has 11 nitrogen and oxygen atoms in total. The van der Waals surface area contributed by atoms with E-state index >= 15 is 0 Å². The molecule has 2 atom stereocenters. The second-order valence-electron chi connectivity index (χ2n) is 6.23. The van der Waals surface area contributed by atoms with Crippen molar-refractivity contribution in [2.75, 3.05) is 17.4 Å². The highest BCUT2D eigenvalue weighted by Gasteiger charge is 2.26. The number of carboxylic acid groups (broad SMARTS) is 1. The molecule has 0 saturated heterocycles. The number of thioether (sulfide) groups is 1. The average Bonchev–Trinajstić information content (AvgIpc) is 2.72. The van der Waals surface area contributed by atoms with Crippen molar-refractivity contribution in [3.8, 4) is 0 Å². The number of hydrogen-bond donors (Lipinski definition) is 4. The molecule has 2 aromatic rings. The van der Waals surface area contributed by atoms with Crippen molar-refractivity contribution in [3.05, 3.63) is 73.8 Å². The number of hydrazine groups is 1. The van der Waals surface area contributed by atoms with E-state index in [1.807, 2.05) is 6.26 Å². The predicted molar refractivity (Wildman–Crippen MR) is 111 cm³/mol. The van der Waals surface area contributed by atoms with Crippen LogP contribution in [0.25, 0.3) is 0 Å². The van der Waals surface area contributed by atoms with E-state index in [1.165, 1.54) is 17.8 Å². The van der Waals surface area contributed by atoms with Crippen LogP contribution in [0, 0.1) is 20.2 Å². The Morgan fingerprint density at radius 2 is 1.67 bits per heavy atom. The lowest BCUT2D eigenvalue weighted by Gasteiger charge is -2.16. The molecular formula is C18H20N4O7S. The number of nitro benzene ring substituents is 2. The summed E-state index contributed by atoms with van der Waals surface area (Å²) >= 11 is 1.54. The first-order chi connectivity index (χ1) is 14.2. The zero-order valence-electron chi connectivity index (χ0n) is 15.8. The standard InChI is InChI=1S/C18H20N4O7S/c1-30-9-8-14(18(24)25)20-19-13-5-2-11(3-6-13)17(23)12-4-7-15(21(26)27)16(10-12)22(28)29/h2-7,10,14,17,19-20,23H,8-9H2,1H3,(H,24,25)/t14-,17?/m0/s1. The molecule has 0 radical (unpaired) electrons. The fraction of sp³-hybridized carbons (Fsp3) is 0.278. The number of carbonyl (C=O) groups is 1. The fourth-order valence-corrected chi connectivity index (χ4v) is 3.09. The van der Waals surface area contributed by atoms with Gasteiger partial charge in [0.25, 0.3) is 0 Å². The number of aliphatic hydroxyl groups excluding tert-OH is 1. The Bertz CT molecular complexity index is 923. The lowest BCUT2D eigenvalue weighted by Crippen LogP contribution is -2.40. The molecule has 4 N–H and O–H groups in total. The van der Waals surface area contributed by atoms with Gasteiger partial charge >= 0.3 is 17.3 Å². The molecule has 160 valence electrons. The number of hydrogen-bond acceptors (Lipinski definition) is 9. The van der Waals surface area contributed by atoms with Crippen molar-refractivity contribution >= 4 is 34.8 Å². The highest BCUT2D eigenvalue weighted by molar-refractivity contribution is 7.98. The van der Waals surface area contributed by atoms with E-state index in [2.05, 4.69) is 10.9 Å². The highest BCUT2D eigenvalue weighted by atomic mass is 32.2. The van der Waals surface area contributed by atoms with Crippen molar-refractivity contribution < 1.29 is 24.9 Å². The summed E-state index contributed by atoms with van der Waals surface area (Å²) in [6.07, 6.45) is 1.08. The molecule has 2 rings (SSSR count). The molecule has 0 saturated carbocycles. The first-order valence-electron chi connectivity index (χ1n) is 8.68. The Morgan fingerprint density at radius 3 is 2.20 bits per heavy atom. The molecule has 0 aliphatic heterocycles. The summed E-state index contributed by atoms with van der Waals surface area (Å²) in [6.45, 7) is 0. The number of carboxylic acids is 1. The summed E-state index contributed by atoms with van der Waals surface area (Å²) in [7, 11) is 0. The van der Waals surface area contributed by atoms with E-state index in [0.29, 0.717) is 23.4 Å². The summed E-state index contributed by atoms with van der Waals surface area (Å²) < 4.78 is 0. The third kappa shape index (κ3) is 5.89. The maximum Gasteiger partial charge on any atom is 0.346 e. The van der Waals surface area contributed by atoms with Crippen LogP contribution in [-0.2, 0) is 4.79 Å². The van der Waals surface area contributed by atoms with Crippen LogP contribution in [0.3, 0.4) is 0 Å². The SMILES string of the molecule is CSCC[C@H](NNc1ccc(C(O)c2ccc([N+](=O)[O-])c([N+](=O)[O-])c2)cc1)C(=O)O. The first-order valence-corrected chi connectivity index (χ1v) is 10.1. The van der Waals surface area contributed by atoms with E-state index < -0.39 is 39.3 Å². The van der Waals surface area contributed by atoms with Gasteiger partial charge in [0.05, 0.1) is 9.85 Å². The zero-order valence-corrected chi connectivity index (χ0v) is 16.7. The number of aliphatic hydroxyl groups is 1. The fourth-order valence-electron chi connectivity index (χ4n) is 2.62. The topological polar surface area (TPSA) is 168 Å². The van der Waals surface area contributed by atoms with Gasteiger partial charge in [-0.3, -0.25) is 25.0 Å². The lowest BCUT2D eigenvalue weighted by molar-refractivity contribution is -0.422. The average molecular weight is 436 g/mol. The summed E-state index contributed by atoms with van der Waals surface area (Å²) in [6, 6.07) is 8.74. The van der Waals surface area contributed by atoms with Gasteiger partial charge in [-0.15, -0.1) is 0 Å². The Hall–Kier alpha value is -3.22. The van der Waals surface area contributed by atoms with Gasteiger partial charge in [-0.2, -0.15) is 11.8 Å². The molecule has 30 heavy (non-hydrogen) atoms. The van der Waals surface area contributed by atoms with Gasteiger partial charge in [0, 0.05) is 17.8 Å². The van der Waals surface area contributed by atoms with E-state index in [9.17, 15) is 35.2 Å². The number of anilines is 1. The molecule has 0 spiro atoms. The van der Waals surface area contributed by atoms with E-state index in [0.717, 1.165) is 12.1 Å². The van der Waals surface area contributed by atoms with Crippen LogP contribution < -0.4 is 10.9 Å². The minimum Gasteiger partial charge on any atom is -0.480 e. The number of nitrogens with zero attached hydrogens (tertiary/aromatic N) is 2. The van der Waals surface area contributed by atoms with Crippen LogP contribution in [0.15, 0.2) is 42.5 Å². The van der Waals surface area contributed by atoms with Crippen LogP contribution in [0.4, 0.5) is 17.1 Å². The number of nitro groups is 2. The second kappa shape index (κ2) is 10.5. The molecule has 1 unspecified atom stereocenters. The van der Waals surface area contributed by atoms with Crippen molar-refractivity contribution in [1.29, 1.82) is 0 Å². The molecule has 0 bridgehead atoms. The quantitative estimate of drug-likeness (QED) is 0.303. The van der Waals surface area contributed by atoms with Gasteiger partial charge in [-0.25, -0.2) is 5.43 Å². The van der Waals surface area contributed by atoms with E-state index in [-0.39, 0.29) is 5.56 Å². The van der Waals surface area contributed by atoms with E-state index in [1.54, 1.807) is 24.3 Å². The zero-order chi connectivity index (χ0) is 22.3. The smallest absolute Gasteiger partial charge is 0.346 e. The summed E-state index contributed by atoms with van der Waals surface area (Å²) in [5, 5.41) is 41.7. The van der Waals surface area contributed by atoms with E-state index in [4.69, 9.17) is 0 Å². The Balaban J connectivity index is 2.12. The summed E-state index contributed by atoms with van der Waals surface area (Å²) in [5.41, 5.74) is 5.25. The van der Waals surface area contributed by atoms with Gasteiger partial charge in [0.1, 0.15) is 12.1 Å². The molecule has 0 amide bonds. The van der Waals surface area contributed by atoms with Crippen LogP contribution >= 0.6 is 11.8 Å². The summed E-state index contributed by atoms with van der Waals surface area (Å²) in [4.78, 5) is 31.5. The third-order valence-electron chi connectivity index (χ3n) is 4.23. The number of benzene rings is 2. The van der Waals surface area contributed by atoms with Gasteiger partial charge < -0.3 is 15.6 Å². The maximum atomic E-state index is 11.2. The molecule has 2 aromatic carbocycles. The van der Waals surface area contributed by atoms with Crippen molar-refractivity contribution in [3.63, 3.8) is 0 Å². The Morgan fingerprint density at radius 1 is 1.07 bits per heavy atom. The summed E-state index contributed by atoms with van der Waals surface area (Å²) in [5.74, 6) is -0.304. The van der Waals surface area contributed by atoms with Crippen LogP contribution in [0.1, 0.15) is 23.7 Å². The third-order valence-corrected chi connectivity index (χ3v) is 4.88. The predicted octanol–water partition coefficient (Wildman–Crippen LogP) is 2.71. The lowest BCUT2D eigenvalue weighted by atomic mass is 10.0. The minimum absolute atomic E-state index is 0.133. The van der Waals surface area contributed by atoms with Crippen LogP contribution in [0.5, 0.6) is 0 Å². The maximum absolute atomic E-state index is 11.2. The molecule has 0 aliphatic carbocycles. The Kier molecular flexibility index (Phi) is 8.09. The molecule has 0 heterocycles. The minimum atomic E-state index is -1.24. The molecule has 0 aromatic heterocycles. The molecule has 0 fully saturated rings. The highest BCUT2D eigenvalue weighted by Crippen LogP contribution is 2.32. The van der Waals surface area contributed by atoms with Gasteiger partial charge in [-0.1, -0.05) is 12.1 Å². The largest absolute Gasteiger partial charge is 0.480 e. The van der Waals surface area contributed by atoms with Crippen molar-refractivity contribution in [2.45, 2.75) is 18.6 Å². The van der Waals surface area contributed by atoms with Crippen LogP contribution in [0.2, 0.25) is 0 Å². The number of aliphatic carboxylic acids is 1. The van der Waals surface area contributed by atoms with Crippen molar-refractivity contribution in [1.82, 2.24) is 5.43 Å². The number of rotatable bonds is 11. The van der Waals surface area contributed by atoms with Crippen LogP contribution in [-0.4, -0.2) is 44.1 Å². The van der Waals surface area contributed by atoms with Gasteiger partial charge in [0.15, 0.2) is 0 Å². The normalized spacial score (nSPS) is 12.7. The van der Waals surface area contributed by atoms with Gasteiger partial charge in [-0.05, 0) is 47.8 Å². The Labute approximate surface area is 175 Å². The molecule has 12 heteroatoms. The van der Waals surface area contributed by atoms with Gasteiger partial charge in [0.2, 0.25) is 0 Å². The monoisotopic (exact) mass is 436 g/mol. The van der Waals surface area contributed by atoms with Crippen molar-refractivity contribution in [2.24, 2.45) is 0 Å². The molecular weight excluding hydrogens is 416 g/mol. The number of nitrogens with one attached hydrogen (secondary N) is 2.